The van der Waals surface area contributed by atoms with Crippen LogP contribution in [0.25, 0.3) is 0 Å². The van der Waals surface area contributed by atoms with Crippen molar-refractivity contribution in [3.8, 4) is 0 Å². The molecule has 0 radical (unpaired) electrons. The summed E-state index contributed by atoms with van der Waals surface area (Å²) in [5.74, 6) is -0.288. The Morgan fingerprint density at radius 2 is 1.48 bits per heavy atom. The summed E-state index contributed by atoms with van der Waals surface area (Å²) in [5, 5.41) is 0. The number of hydrogen-bond acceptors (Lipinski definition) is 4. The summed E-state index contributed by atoms with van der Waals surface area (Å²) in [7, 11) is -3.49. The van der Waals surface area contributed by atoms with E-state index in [0.717, 1.165) is 11.1 Å². The van der Waals surface area contributed by atoms with Crippen LogP contribution in [-0.2, 0) is 34.1 Å². The van der Waals surface area contributed by atoms with Gasteiger partial charge in [0.05, 0.1) is 18.6 Å². The molecule has 152 valence electrons. The number of carbonyl (C=O) groups excluding carboxylic acids is 1. The molecular formula is C23H25NO4S. The maximum absolute atomic E-state index is 12.8. The van der Waals surface area contributed by atoms with E-state index in [1.807, 2.05) is 60.7 Å². The van der Waals surface area contributed by atoms with Gasteiger partial charge in [-0.05, 0) is 36.1 Å². The molecule has 0 atom stereocenters. The van der Waals surface area contributed by atoms with Crippen LogP contribution in [0.4, 0.5) is 0 Å². The number of carbonyl (C=O) groups is 1. The average molecular weight is 412 g/mol. The molecule has 6 heteroatoms. The summed E-state index contributed by atoms with van der Waals surface area (Å²) in [6, 6.07) is 22.8. The third-order valence-electron chi connectivity index (χ3n) is 4.60. The number of benzene rings is 2. The van der Waals surface area contributed by atoms with Crippen LogP contribution in [0.15, 0.2) is 83.5 Å². The lowest BCUT2D eigenvalue weighted by molar-refractivity contribution is -0.129. The lowest BCUT2D eigenvalue weighted by atomic mass is 10.1. The van der Waals surface area contributed by atoms with Crippen LogP contribution >= 0.6 is 0 Å². The second kappa shape index (κ2) is 10.1. The fourth-order valence-electron chi connectivity index (χ4n) is 3.12. The topological polar surface area (TPSA) is 67.6 Å². The van der Waals surface area contributed by atoms with Crippen LogP contribution in [0, 0.1) is 0 Å². The Hall–Kier alpha value is -2.86. The SMILES string of the molecule is O=C(CS(=O)(=O)CCCc1ccccc1)N(Cc1ccccc1)Cc1ccco1. The minimum atomic E-state index is -3.49. The number of furan rings is 1. The van der Waals surface area contributed by atoms with E-state index < -0.39 is 21.5 Å². The van der Waals surface area contributed by atoms with Gasteiger partial charge in [-0.3, -0.25) is 4.79 Å². The van der Waals surface area contributed by atoms with Crippen molar-refractivity contribution in [1.29, 1.82) is 0 Å². The van der Waals surface area contributed by atoms with Crippen LogP contribution in [-0.4, -0.2) is 30.7 Å². The zero-order chi connectivity index (χ0) is 20.5. The third kappa shape index (κ3) is 6.91. The van der Waals surface area contributed by atoms with Gasteiger partial charge < -0.3 is 9.32 Å². The minimum Gasteiger partial charge on any atom is -0.467 e. The summed E-state index contributed by atoms with van der Waals surface area (Å²) >= 11 is 0. The first-order valence-corrected chi connectivity index (χ1v) is 11.4. The molecule has 0 spiro atoms. The molecule has 0 saturated carbocycles. The van der Waals surface area contributed by atoms with Gasteiger partial charge in [0, 0.05) is 6.54 Å². The average Bonchev–Trinajstić information content (AvgIpc) is 3.22. The quantitative estimate of drug-likeness (QED) is 0.508. The normalized spacial score (nSPS) is 11.3. The molecule has 3 aromatic rings. The first kappa shape index (κ1) is 20.9. The molecule has 0 N–H and O–H groups in total. The lowest BCUT2D eigenvalue weighted by Gasteiger charge is -2.22. The van der Waals surface area contributed by atoms with Crippen molar-refractivity contribution in [2.45, 2.75) is 25.9 Å². The van der Waals surface area contributed by atoms with Gasteiger partial charge in [0.25, 0.3) is 0 Å². The highest BCUT2D eigenvalue weighted by molar-refractivity contribution is 7.92. The van der Waals surface area contributed by atoms with E-state index in [9.17, 15) is 13.2 Å². The predicted octanol–water partition coefficient (Wildman–Crippen LogP) is 3.86. The Morgan fingerprint density at radius 1 is 0.828 bits per heavy atom. The molecule has 2 aromatic carbocycles. The van der Waals surface area contributed by atoms with Gasteiger partial charge in [0.15, 0.2) is 9.84 Å². The van der Waals surface area contributed by atoms with E-state index in [4.69, 9.17) is 4.42 Å². The number of rotatable bonds is 10. The standard InChI is InChI=1S/C23H25NO4S/c25-23(19-29(26,27)16-8-13-20-9-3-1-4-10-20)24(18-22-14-7-15-28-22)17-21-11-5-2-6-12-21/h1-7,9-12,14-15H,8,13,16-19H2. The first-order chi connectivity index (χ1) is 14.0. The Labute approximate surface area is 171 Å². The molecule has 0 bridgehead atoms. The molecule has 0 saturated heterocycles. The summed E-state index contributed by atoms with van der Waals surface area (Å²) in [6.45, 7) is 0.570. The molecule has 3 rings (SSSR count). The highest BCUT2D eigenvalue weighted by Gasteiger charge is 2.23. The highest BCUT2D eigenvalue weighted by atomic mass is 32.2. The van der Waals surface area contributed by atoms with E-state index in [0.29, 0.717) is 25.1 Å². The molecule has 1 amide bonds. The number of nitrogens with zero attached hydrogens (tertiary/aromatic N) is 1. The lowest BCUT2D eigenvalue weighted by Crippen LogP contribution is -2.35. The maximum atomic E-state index is 12.8. The summed E-state index contributed by atoms with van der Waals surface area (Å²) in [6.07, 6.45) is 2.71. The molecule has 0 unspecified atom stereocenters. The van der Waals surface area contributed by atoms with Crippen molar-refractivity contribution in [1.82, 2.24) is 4.90 Å². The summed E-state index contributed by atoms with van der Waals surface area (Å²) in [4.78, 5) is 14.4. The smallest absolute Gasteiger partial charge is 0.238 e. The Bertz CT molecular complexity index is 984. The van der Waals surface area contributed by atoms with Gasteiger partial charge in [-0.2, -0.15) is 0 Å². The first-order valence-electron chi connectivity index (χ1n) is 9.60. The van der Waals surface area contributed by atoms with Crippen LogP contribution in [0.2, 0.25) is 0 Å². The van der Waals surface area contributed by atoms with E-state index in [1.165, 1.54) is 4.90 Å². The Balaban J connectivity index is 1.61. The number of hydrogen-bond donors (Lipinski definition) is 0. The minimum absolute atomic E-state index is 0.00639. The van der Waals surface area contributed by atoms with E-state index >= 15 is 0 Å². The molecule has 1 heterocycles. The molecule has 0 fully saturated rings. The van der Waals surface area contributed by atoms with E-state index in [-0.39, 0.29) is 12.3 Å². The Morgan fingerprint density at radius 3 is 2.10 bits per heavy atom. The molecular weight excluding hydrogens is 386 g/mol. The van der Waals surface area contributed by atoms with Crippen molar-refractivity contribution < 1.29 is 17.6 Å². The second-order valence-corrected chi connectivity index (χ2v) is 9.18. The zero-order valence-corrected chi connectivity index (χ0v) is 17.1. The van der Waals surface area contributed by atoms with Gasteiger partial charge in [-0.1, -0.05) is 60.7 Å². The van der Waals surface area contributed by atoms with Gasteiger partial charge in [-0.15, -0.1) is 0 Å². The second-order valence-electron chi connectivity index (χ2n) is 7.00. The fourth-order valence-corrected chi connectivity index (χ4v) is 4.41. The summed E-state index contributed by atoms with van der Waals surface area (Å²) in [5.41, 5.74) is 2.03. The fraction of sp³-hybridized carbons (Fsp3) is 0.261. The number of amides is 1. The zero-order valence-electron chi connectivity index (χ0n) is 16.2. The monoisotopic (exact) mass is 411 g/mol. The van der Waals surface area contributed by atoms with Crippen LogP contribution < -0.4 is 0 Å². The highest BCUT2D eigenvalue weighted by Crippen LogP contribution is 2.13. The van der Waals surface area contributed by atoms with Gasteiger partial charge in [-0.25, -0.2) is 8.42 Å². The molecule has 0 aliphatic heterocycles. The van der Waals surface area contributed by atoms with Crippen molar-refractivity contribution in [3.05, 3.63) is 95.9 Å². The van der Waals surface area contributed by atoms with E-state index in [2.05, 4.69) is 0 Å². The third-order valence-corrected chi connectivity index (χ3v) is 6.20. The molecule has 0 aliphatic carbocycles. The van der Waals surface area contributed by atoms with Crippen LogP contribution in [0.5, 0.6) is 0 Å². The predicted molar refractivity (Wildman–Crippen MR) is 113 cm³/mol. The van der Waals surface area contributed by atoms with E-state index in [1.54, 1.807) is 18.4 Å². The molecule has 5 nitrogen and oxygen atoms in total. The molecule has 29 heavy (non-hydrogen) atoms. The number of aryl methyl sites for hydroxylation is 1. The van der Waals surface area contributed by atoms with Gasteiger partial charge >= 0.3 is 0 Å². The largest absolute Gasteiger partial charge is 0.467 e. The maximum Gasteiger partial charge on any atom is 0.238 e. The Kier molecular flexibility index (Phi) is 7.25. The van der Waals surface area contributed by atoms with Gasteiger partial charge in [0.1, 0.15) is 11.5 Å². The van der Waals surface area contributed by atoms with Crippen molar-refractivity contribution in [3.63, 3.8) is 0 Å². The molecule has 0 aliphatic rings. The van der Waals surface area contributed by atoms with Crippen molar-refractivity contribution >= 4 is 15.7 Å². The molecule has 1 aromatic heterocycles. The van der Waals surface area contributed by atoms with Crippen molar-refractivity contribution in [2.24, 2.45) is 0 Å². The number of sulfone groups is 1. The van der Waals surface area contributed by atoms with Crippen molar-refractivity contribution in [2.75, 3.05) is 11.5 Å². The van der Waals surface area contributed by atoms with Gasteiger partial charge in [0.2, 0.25) is 5.91 Å². The van der Waals surface area contributed by atoms with Crippen LogP contribution in [0.1, 0.15) is 23.3 Å². The summed E-state index contributed by atoms with van der Waals surface area (Å²) < 4.78 is 30.4. The van der Waals surface area contributed by atoms with Crippen LogP contribution in [0.3, 0.4) is 0 Å².